The van der Waals surface area contributed by atoms with Crippen LogP contribution >= 0.6 is 11.3 Å². The maximum Gasteiger partial charge on any atom is 0.303 e. The predicted molar refractivity (Wildman–Crippen MR) is 49.7 cm³/mol. The first-order valence-electron chi connectivity index (χ1n) is 3.86. The van der Waals surface area contributed by atoms with E-state index in [1.165, 1.54) is 18.3 Å². The second-order valence-corrected chi connectivity index (χ2v) is 3.61. The number of carbonyl (C=O) groups is 2. The molecule has 0 aliphatic heterocycles. The fraction of sp³-hybridized carbons (Fsp3) is 0.333. The molecule has 1 rings (SSSR count). The normalized spacial score (nSPS) is 9.62. The van der Waals surface area contributed by atoms with Crippen LogP contribution in [0.15, 0.2) is 17.5 Å². The largest absolute Gasteiger partial charge is 0.458 e. The molecule has 0 aromatic carbocycles. The molecular formula is C9H10O3S. The molecule has 3 nitrogen and oxygen atoms in total. The minimum Gasteiger partial charge on any atom is -0.458 e. The Hall–Kier alpha value is -1.16. The van der Waals surface area contributed by atoms with E-state index in [0.29, 0.717) is 6.42 Å². The third-order valence-corrected chi connectivity index (χ3v) is 2.26. The van der Waals surface area contributed by atoms with Gasteiger partial charge in [0.25, 0.3) is 0 Å². The minimum atomic E-state index is -0.417. The molecule has 0 unspecified atom stereocenters. The molecule has 0 spiro atoms. The summed E-state index contributed by atoms with van der Waals surface area (Å²) in [5.74, 6) is -0.489. The van der Waals surface area contributed by atoms with Gasteiger partial charge in [-0.15, -0.1) is 11.3 Å². The van der Waals surface area contributed by atoms with Crippen molar-refractivity contribution in [3.8, 4) is 0 Å². The Balaban J connectivity index is 2.30. The number of rotatable bonds is 4. The van der Waals surface area contributed by atoms with Crippen LogP contribution in [0.25, 0.3) is 0 Å². The van der Waals surface area contributed by atoms with Gasteiger partial charge in [-0.25, -0.2) is 0 Å². The molecule has 0 saturated carbocycles. The molecule has 0 aliphatic carbocycles. The molecule has 1 heterocycles. The van der Waals surface area contributed by atoms with E-state index in [2.05, 4.69) is 4.74 Å². The maximum absolute atomic E-state index is 11.1. The summed E-state index contributed by atoms with van der Waals surface area (Å²) < 4.78 is 4.57. The SMILES string of the molecule is CC(=O)OCC(=O)Cc1cccs1. The van der Waals surface area contributed by atoms with Gasteiger partial charge in [-0.05, 0) is 11.4 Å². The van der Waals surface area contributed by atoms with Gasteiger partial charge in [0.05, 0.1) is 0 Å². The Morgan fingerprint density at radius 1 is 1.54 bits per heavy atom. The summed E-state index contributed by atoms with van der Waals surface area (Å²) in [5.41, 5.74) is 0. The van der Waals surface area contributed by atoms with Crippen LogP contribution in [0.2, 0.25) is 0 Å². The van der Waals surface area contributed by atoms with Gasteiger partial charge in [-0.1, -0.05) is 6.07 Å². The Morgan fingerprint density at radius 2 is 2.31 bits per heavy atom. The first-order valence-corrected chi connectivity index (χ1v) is 4.74. The quantitative estimate of drug-likeness (QED) is 0.687. The van der Waals surface area contributed by atoms with Crippen LogP contribution in [-0.2, 0) is 20.7 Å². The minimum absolute atomic E-state index is 0.0716. The standard InChI is InChI=1S/C9H10O3S/c1-7(10)12-6-8(11)5-9-3-2-4-13-9/h2-4H,5-6H2,1H3. The molecular weight excluding hydrogens is 188 g/mol. The van der Waals surface area contributed by atoms with E-state index in [9.17, 15) is 9.59 Å². The monoisotopic (exact) mass is 198 g/mol. The van der Waals surface area contributed by atoms with Gasteiger partial charge < -0.3 is 4.74 Å². The van der Waals surface area contributed by atoms with Gasteiger partial charge in [0.2, 0.25) is 0 Å². The van der Waals surface area contributed by atoms with Crippen molar-refractivity contribution >= 4 is 23.1 Å². The lowest BCUT2D eigenvalue weighted by atomic mass is 10.2. The first kappa shape index (κ1) is 9.92. The van der Waals surface area contributed by atoms with Gasteiger partial charge in [0.15, 0.2) is 5.78 Å². The highest BCUT2D eigenvalue weighted by molar-refractivity contribution is 7.10. The Bertz CT molecular complexity index is 290. The molecule has 70 valence electrons. The van der Waals surface area contributed by atoms with Crippen molar-refractivity contribution in [2.45, 2.75) is 13.3 Å². The van der Waals surface area contributed by atoms with Crippen molar-refractivity contribution in [1.82, 2.24) is 0 Å². The highest BCUT2D eigenvalue weighted by atomic mass is 32.1. The van der Waals surface area contributed by atoms with E-state index in [1.807, 2.05) is 17.5 Å². The number of ether oxygens (including phenoxy) is 1. The molecule has 4 heteroatoms. The number of ketones is 1. The first-order chi connectivity index (χ1) is 6.18. The van der Waals surface area contributed by atoms with Crippen LogP contribution in [-0.4, -0.2) is 18.4 Å². The topological polar surface area (TPSA) is 43.4 Å². The summed E-state index contributed by atoms with van der Waals surface area (Å²) in [4.78, 5) is 22.5. The van der Waals surface area contributed by atoms with Crippen LogP contribution in [0.3, 0.4) is 0 Å². The molecule has 0 amide bonds. The zero-order chi connectivity index (χ0) is 9.68. The molecule has 1 aromatic rings. The zero-order valence-electron chi connectivity index (χ0n) is 7.28. The van der Waals surface area contributed by atoms with E-state index >= 15 is 0 Å². The lowest BCUT2D eigenvalue weighted by molar-refractivity contribution is -0.145. The second kappa shape index (κ2) is 4.77. The molecule has 1 aromatic heterocycles. The van der Waals surface area contributed by atoms with E-state index in [-0.39, 0.29) is 12.4 Å². The Labute approximate surface area is 80.3 Å². The smallest absolute Gasteiger partial charge is 0.303 e. The molecule has 0 atom stereocenters. The van der Waals surface area contributed by atoms with Crippen molar-refractivity contribution in [2.75, 3.05) is 6.61 Å². The van der Waals surface area contributed by atoms with Crippen LogP contribution in [0.5, 0.6) is 0 Å². The molecule has 0 aliphatic rings. The van der Waals surface area contributed by atoms with Gasteiger partial charge in [0.1, 0.15) is 6.61 Å². The molecule has 13 heavy (non-hydrogen) atoms. The van der Waals surface area contributed by atoms with Crippen molar-refractivity contribution in [3.63, 3.8) is 0 Å². The summed E-state index contributed by atoms with van der Waals surface area (Å²) in [6.45, 7) is 1.17. The van der Waals surface area contributed by atoms with Gasteiger partial charge in [0, 0.05) is 18.2 Å². The van der Waals surface area contributed by atoms with E-state index in [1.54, 1.807) is 0 Å². The lowest BCUT2D eigenvalue weighted by Gasteiger charge is -1.98. The van der Waals surface area contributed by atoms with Crippen molar-refractivity contribution in [2.24, 2.45) is 0 Å². The lowest BCUT2D eigenvalue weighted by Crippen LogP contribution is -2.13. The van der Waals surface area contributed by atoms with Gasteiger partial charge >= 0.3 is 5.97 Å². The van der Waals surface area contributed by atoms with Crippen molar-refractivity contribution < 1.29 is 14.3 Å². The number of carbonyl (C=O) groups excluding carboxylic acids is 2. The predicted octanol–water partition coefficient (Wildman–Crippen LogP) is 1.42. The summed E-state index contributed by atoms with van der Waals surface area (Å²) in [5, 5.41) is 1.91. The third-order valence-electron chi connectivity index (χ3n) is 1.39. The fourth-order valence-electron chi connectivity index (χ4n) is 0.841. The van der Waals surface area contributed by atoms with Crippen molar-refractivity contribution in [3.05, 3.63) is 22.4 Å². The number of thiophene rings is 1. The molecule has 0 fully saturated rings. The fourth-order valence-corrected chi connectivity index (χ4v) is 1.57. The van der Waals surface area contributed by atoms with Crippen LogP contribution in [0, 0.1) is 0 Å². The number of esters is 1. The van der Waals surface area contributed by atoms with Crippen LogP contribution in [0.4, 0.5) is 0 Å². The van der Waals surface area contributed by atoms with E-state index in [4.69, 9.17) is 0 Å². The average molecular weight is 198 g/mol. The molecule has 0 bridgehead atoms. The number of Topliss-reactive ketones (excluding diaryl/α,β-unsaturated/α-hetero) is 1. The second-order valence-electron chi connectivity index (χ2n) is 2.58. The van der Waals surface area contributed by atoms with E-state index < -0.39 is 5.97 Å². The Kier molecular flexibility index (Phi) is 3.64. The third kappa shape index (κ3) is 3.85. The summed E-state index contributed by atoms with van der Waals surface area (Å²) in [6.07, 6.45) is 0.352. The summed E-state index contributed by atoms with van der Waals surface area (Å²) in [7, 11) is 0. The molecule has 0 saturated heterocycles. The number of hydrogen-bond acceptors (Lipinski definition) is 4. The van der Waals surface area contributed by atoms with Gasteiger partial charge in [-0.2, -0.15) is 0 Å². The summed E-state index contributed by atoms with van der Waals surface area (Å²) >= 11 is 1.52. The highest BCUT2D eigenvalue weighted by Gasteiger charge is 2.05. The average Bonchev–Trinajstić information content (AvgIpc) is 2.53. The zero-order valence-corrected chi connectivity index (χ0v) is 8.10. The molecule has 0 radical (unpaired) electrons. The van der Waals surface area contributed by atoms with E-state index in [0.717, 1.165) is 4.88 Å². The Morgan fingerprint density at radius 3 is 2.85 bits per heavy atom. The van der Waals surface area contributed by atoms with Crippen LogP contribution in [0.1, 0.15) is 11.8 Å². The van der Waals surface area contributed by atoms with Crippen molar-refractivity contribution in [1.29, 1.82) is 0 Å². The molecule has 0 N–H and O–H groups in total. The number of hydrogen-bond donors (Lipinski definition) is 0. The summed E-state index contributed by atoms with van der Waals surface area (Å²) in [6, 6.07) is 3.77. The highest BCUT2D eigenvalue weighted by Crippen LogP contribution is 2.09. The van der Waals surface area contributed by atoms with Gasteiger partial charge in [-0.3, -0.25) is 9.59 Å². The maximum atomic E-state index is 11.1. The van der Waals surface area contributed by atoms with Crippen LogP contribution < -0.4 is 0 Å².